The Labute approximate surface area is 247 Å². The first-order valence-corrected chi connectivity index (χ1v) is 14.2. The highest BCUT2D eigenvalue weighted by Gasteiger charge is 2.62. The number of aromatic nitrogens is 1. The highest BCUT2D eigenvalue weighted by molar-refractivity contribution is 7.19. The molecule has 3 heterocycles. The van der Waals surface area contributed by atoms with Gasteiger partial charge in [0, 0.05) is 58.8 Å². The molecule has 0 radical (unpaired) electrons. The quantitative estimate of drug-likeness (QED) is 0.186. The molecule has 4 aromatic rings. The Morgan fingerprint density at radius 3 is 2.37 bits per heavy atom. The number of nitrogens with zero attached hydrogens (tertiary/aromatic N) is 2. The van der Waals surface area contributed by atoms with Gasteiger partial charge < -0.3 is 16.0 Å². The maximum absolute atomic E-state index is 14.1. The number of alkyl halides is 5. The Hall–Kier alpha value is -4.32. The number of anilines is 1. The van der Waals surface area contributed by atoms with Crippen LogP contribution >= 0.6 is 11.3 Å². The van der Waals surface area contributed by atoms with Crippen LogP contribution in [0.2, 0.25) is 0 Å². The Morgan fingerprint density at radius 1 is 1.02 bits per heavy atom. The third-order valence-corrected chi connectivity index (χ3v) is 8.90. The SMILES string of the molecule is Nc1ccc(/C=C/C(=O)NCc2cc3cc(-c4ccc(C(=O)N5CC6(C5)CC(F)(F)C6)cc4)cc(C(F)(F)F)c3s2)cn1. The Bertz CT molecular complexity index is 1730. The molecular weight excluding hydrogens is 587 g/mol. The fourth-order valence-corrected chi connectivity index (χ4v) is 6.87. The fraction of sp³-hybridized carbons (Fsp3) is 0.258. The van der Waals surface area contributed by atoms with E-state index in [9.17, 15) is 31.5 Å². The van der Waals surface area contributed by atoms with Crippen molar-refractivity contribution in [1.29, 1.82) is 0 Å². The number of benzene rings is 2. The van der Waals surface area contributed by atoms with Crippen LogP contribution in [-0.2, 0) is 17.5 Å². The maximum Gasteiger partial charge on any atom is 0.417 e. The molecule has 222 valence electrons. The van der Waals surface area contributed by atoms with Gasteiger partial charge >= 0.3 is 6.18 Å². The number of carbonyl (C=O) groups is 2. The molecule has 1 aliphatic carbocycles. The van der Waals surface area contributed by atoms with Gasteiger partial charge in [-0.1, -0.05) is 12.1 Å². The van der Waals surface area contributed by atoms with Crippen molar-refractivity contribution in [1.82, 2.24) is 15.2 Å². The summed E-state index contributed by atoms with van der Waals surface area (Å²) in [7, 11) is 0. The summed E-state index contributed by atoms with van der Waals surface area (Å²) in [6.45, 7) is 0.611. The maximum atomic E-state index is 14.1. The summed E-state index contributed by atoms with van der Waals surface area (Å²) in [5, 5.41) is 3.06. The second-order valence-corrected chi connectivity index (χ2v) is 12.3. The van der Waals surface area contributed by atoms with Gasteiger partial charge in [0.1, 0.15) is 5.82 Å². The molecule has 2 amide bonds. The number of amides is 2. The molecule has 12 heteroatoms. The van der Waals surface area contributed by atoms with Crippen LogP contribution in [0.4, 0.5) is 27.8 Å². The normalized spacial score (nSPS) is 17.2. The number of rotatable bonds is 6. The van der Waals surface area contributed by atoms with E-state index in [1.54, 1.807) is 42.5 Å². The molecule has 1 saturated heterocycles. The van der Waals surface area contributed by atoms with Gasteiger partial charge in [0.15, 0.2) is 0 Å². The summed E-state index contributed by atoms with van der Waals surface area (Å²) in [6, 6.07) is 13.9. The van der Waals surface area contributed by atoms with Gasteiger partial charge in [-0.05, 0) is 70.6 Å². The van der Waals surface area contributed by atoms with E-state index in [2.05, 4.69) is 10.3 Å². The highest BCUT2D eigenvalue weighted by atomic mass is 32.1. The molecule has 1 saturated carbocycles. The number of hydrogen-bond donors (Lipinski definition) is 2. The van der Waals surface area contributed by atoms with E-state index in [1.165, 1.54) is 29.3 Å². The number of halogens is 5. The van der Waals surface area contributed by atoms with Crippen molar-refractivity contribution in [3.63, 3.8) is 0 Å². The van der Waals surface area contributed by atoms with Crippen LogP contribution in [-0.4, -0.2) is 40.7 Å². The number of pyridine rings is 1. The molecule has 2 aromatic heterocycles. The number of nitrogens with one attached hydrogen (secondary N) is 1. The molecule has 2 fully saturated rings. The number of fused-ring (bicyclic) bond motifs is 1. The zero-order valence-corrected chi connectivity index (χ0v) is 23.4. The summed E-state index contributed by atoms with van der Waals surface area (Å²) in [4.78, 5) is 31.1. The van der Waals surface area contributed by atoms with Crippen LogP contribution in [0.3, 0.4) is 0 Å². The molecule has 43 heavy (non-hydrogen) atoms. The molecule has 1 aliphatic heterocycles. The van der Waals surface area contributed by atoms with Gasteiger partial charge in [-0.15, -0.1) is 11.3 Å². The molecule has 6 nitrogen and oxygen atoms in total. The van der Waals surface area contributed by atoms with Crippen molar-refractivity contribution >= 4 is 45.1 Å². The van der Waals surface area contributed by atoms with E-state index in [0.29, 0.717) is 38.3 Å². The van der Waals surface area contributed by atoms with Crippen molar-refractivity contribution in [2.24, 2.45) is 5.41 Å². The van der Waals surface area contributed by atoms with Crippen LogP contribution < -0.4 is 11.1 Å². The lowest BCUT2D eigenvalue weighted by molar-refractivity contribution is -0.203. The highest BCUT2D eigenvalue weighted by Crippen LogP contribution is 2.56. The van der Waals surface area contributed by atoms with Gasteiger partial charge in [-0.2, -0.15) is 13.2 Å². The summed E-state index contributed by atoms with van der Waals surface area (Å²) in [5.74, 6) is -3.01. The minimum atomic E-state index is -4.61. The Kier molecular flexibility index (Phi) is 6.99. The topological polar surface area (TPSA) is 88.3 Å². The Morgan fingerprint density at radius 2 is 1.74 bits per heavy atom. The van der Waals surface area contributed by atoms with Crippen LogP contribution in [0.1, 0.15) is 39.2 Å². The number of likely N-dealkylation sites (tertiary alicyclic amines) is 1. The molecule has 6 rings (SSSR count). The predicted octanol–water partition coefficient (Wildman–Crippen LogP) is 6.77. The largest absolute Gasteiger partial charge is 0.417 e. The van der Waals surface area contributed by atoms with Gasteiger partial charge in [0.2, 0.25) is 11.8 Å². The van der Waals surface area contributed by atoms with Crippen molar-refractivity contribution in [2.75, 3.05) is 18.8 Å². The summed E-state index contributed by atoms with van der Waals surface area (Å²) in [5.41, 5.74) is 6.09. The molecule has 2 aliphatic rings. The van der Waals surface area contributed by atoms with Crippen molar-refractivity contribution in [3.05, 3.63) is 88.4 Å². The zero-order valence-electron chi connectivity index (χ0n) is 22.6. The predicted molar refractivity (Wildman–Crippen MR) is 154 cm³/mol. The lowest BCUT2D eigenvalue weighted by atomic mass is 9.61. The summed E-state index contributed by atoms with van der Waals surface area (Å²) >= 11 is 0.958. The van der Waals surface area contributed by atoms with Gasteiger partial charge in [-0.25, -0.2) is 13.8 Å². The van der Waals surface area contributed by atoms with E-state index >= 15 is 0 Å². The first kappa shape index (κ1) is 28.8. The van der Waals surface area contributed by atoms with Crippen molar-refractivity contribution < 1.29 is 31.5 Å². The first-order chi connectivity index (χ1) is 20.3. The average Bonchev–Trinajstić information content (AvgIpc) is 3.34. The van der Waals surface area contributed by atoms with Crippen LogP contribution in [0.15, 0.2) is 66.9 Å². The third-order valence-electron chi connectivity index (χ3n) is 7.72. The lowest BCUT2D eigenvalue weighted by Gasteiger charge is -2.58. The fourth-order valence-electron chi connectivity index (χ4n) is 5.76. The van der Waals surface area contributed by atoms with E-state index in [0.717, 1.165) is 17.4 Å². The van der Waals surface area contributed by atoms with Crippen LogP contribution in [0.25, 0.3) is 27.3 Å². The van der Waals surface area contributed by atoms with E-state index in [1.807, 2.05) is 0 Å². The zero-order chi connectivity index (χ0) is 30.6. The van der Waals surface area contributed by atoms with E-state index in [-0.39, 0.29) is 43.1 Å². The van der Waals surface area contributed by atoms with E-state index < -0.39 is 29.0 Å². The minimum absolute atomic E-state index is 0.0430. The second-order valence-electron chi connectivity index (χ2n) is 11.2. The second kappa shape index (κ2) is 10.4. The minimum Gasteiger partial charge on any atom is -0.384 e. The molecule has 1 spiro atoms. The van der Waals surface area contributed by atoms with Gasteiger partial charge in [-0.3, -0.25) is 9.59 Å². The van der Waals surface area contributed by atoms with Crippen LogP contribution in [0.5, 0.6) is 0 Å². The van der Waals surface area contributed by atoms with Gasteiger partial charge in [0.05, 0.1) is 12.1 Å². The molecule has 3 N–H and O–H groups in total. The standard InChI is InChI=1S/C31H25F5N4O2S/c32-30(33)14-29(15-30)16-40(17-29)28(42)20-5-3-19(4-6-20)21-9-22-10-23(43-27(22)24(11-21)31(34,35)36)13-39-26(41)8-2-18-1-7-25(37)38-12-18/h1-12H,13-17H2,(H2,37,38)(H,39,41)/b8-2+. The summed E-state index contributed by atoms with van der Waals surface area (Å²) < 4.78 is 68.9. The molecule has 0 unspecified atom stereocenters. The average molecular weight is 613 g/mol. The Balaban J connectivity index is 1.16. The smallest absolute Gasteiger partial charge is 0.384 e. The van der Waals surface area contributed by atoms with Crippen LogP contribution in [0, 0.1) is 5.41 Å². The molecule has 0 bridgehead atoms. The molecule has 2 aromatic carbocycles. The first-order valence-electron chi connectivity index (χ1n) is 13.4. The van der Waals surface area contributed by atoms with Crippen molar-refractivity contribution in [2.45, 2.75) is 31.5 Å². The van der Waals surface area contributed by atoms with Crippen molar-refractivity contribution in [3.8, 4) is 11.1 Å². The summed E-state index contributed by atoms with van der Waals surface area (Å²) in [6.07, 6.45) is -0.660. The van der Waals surface area contributed by atoms with Gasteiger partial charge in [0.25, 0.3) is 5.91 Å². The number of nitrogens with two attached hydrogens (primary N) is 1. The van der Waals surface area contributed by atoms with E-state index in [4.69, 9.17) is 5.73 Å². The number of carbonyl (C=O) groups excluding carboxylic acids is 2. The number of thiophene rings is 1. The monoisotopic (exact) mass is 612 g/mol. The molecular formula is C31H25F5N4O2S. The third kappa shape index (κ3) is 5.96. The molecule has 0 atom stereocenters. The number of hydrogen-bond acceptors (Lipinski definition) is 5. The number of nitrogen functional groups attached to an aromatic ring is 1. The lowest BCUT2D eigenvalue weighted by Crippen LogP contribution is -2.66.